The Kier molecular flexibility index (Phi) is 5.79. The minimum Gasteiger partial charge on any atom is -0.497 e. The molecule has 0 bridgehead atoms. The number of carbonyl (C=O) groups is 3. The van der Waals surface area contributed by atoms with Gasteiger partial charge in [-0.3, -0.25) is 9.59 Å². The Balaban J connectivity index is 1.50. The Morgan fingerprint density at radius 1 is 1.10 bits per heavy atom. The summed E-state index contributed by atoms with van der Waals surface area (Å²) in [5, 5.41) is 2.65. The van der Waals surface area contributed by atoms with Crippen LogP contribution < -0.4 is 19.7 Å². The van der Waals surface area contributed by atoms with Gasteiger partial charge in [0.15, 0.2) is 0 Å². The molecule has 0 aromatic heterocycles. The maximum Gasteiger partial charge on any atom is 0.329 e. The normalized spacial score (nSPS) is 20.7. The number of amides is 4. The molecule has 8 nitrogen and oxygen atoms in total. The molecule has 1 N–H and O–H groups in total. The van der Waals surface area contributed by atoms with E-state index in [2.05, 4.69) is 5.32 Å². The molecular weight excluding hydrogens is 398 g/mol. The fraction of sp³-hybridized carbons (Fsp3) is 0.348. The number of hydrogen-bond acceptors (Lipinski definition) is 5. The van der Waals surface area contributed by atoms with Gasteiger partial charge in [-0.05, 0) is 37.1 Å². The van der Waals surface area contributed by atoms with E-state index in [9.17, 15) is 14.4 Å². The van der Waals surface area contributed by atoms with Gasteiger partial charge in [-0.1, -0.05) is 18.2 Å². The minimum atomic E-state index is -0.876. The molecule has 2 heterocycles. The zero-order valence-electron chi connectivity index (χ0n) is 17.5. The Hall–Kier alpha value is -3.55. The summed E-state index contributed by atoms with van der Waals surface area (Å²) in [6.45, 7) is 0.593. The van der Waals surface area contributed by atoms with Gasteiger partial charge in [0.2, 0.25) is 5.91 Å². The summed E-state index contributed by atoms with van der Waals surface area (Å²) < 4.78 is 10.8. The number of nitrogens with zero attached hydrogens (tertiary/aromatic N) is 2. The first-order valence-corrected chi connectivity index (χ1v) is 10.2. The summed E-state index contributed by atoms with van der Waals surface area (Å²) in [5.74, 6) is 0.748. The fourth-order valence-electron chi connectivity index (χ4n) is 4.27. The van der Waals surface area contributed by atoms with Gasteiger partial charge in [-0.2, -0.15) is 0 Å². The molecule has 2 fully saturated rings. The van der Waals surface area contributed by atoms with Crippen molar-refractivity contribution in [3.05, 3.63) is 54.1 Å². The SMILES string of the molecule is COc1ccc([C@@H]2CCCN2C(=O)C[C@@H]2NC(=O)N(c3ccccc3)C2=O)c(OC)c1. The van der Waals surface area contributed by atoms with Gasteiger partial charge < -0.3 is 19.7 Å². The summed E-state index contributed by atoms with van der Waals surface area (Å²) in [4.78, 5) is 41.2. The number of likely N-dealkylation sites (tertiary alicyclic amines) is 1. The number of carbonyl (C=O) groups excluding carboxylic acids is 3. The number of ether oxygens (including phenoxy) is 2. The molecule has 0 aliphatic carbocycles. The molecule has 2 aliphatic heterocycles. The number of urea groups is 1. The van der Waals surface area contributed by atoms with Gasteiger partial charge in [0, 0.05) is 18.2 Å². The number of benzene rings is 2. The van der Waals surface area contributed by atoms with Crippen LogP contribution in [0, 0.1) is 0 Å². The molecule has 0 spiro atoms. The predicted molar refractivity (Wildman–Crippen MR) is 114 cm³/mol. The molecule has 2 saturated heterocycles. The van der Waals surface area contributed by atoms with Crippen LogP contribution in [0.4, 0.5) is 10.5 Å². The van der Waals surface area contributed by atoms with Crippen LogP contribution in [0.3, 0.4) is 0 Å². The third-order valence-corrected chi connectivity index (χ3v) is 5.79. The van der Waals surface area contributed by atoms with Crippen molar-refractivity contribution in [3.8, 4) is 11.5 Å². The standard InChI is InChI=1S/C23H25N3O5/c1-30-16-10-11-17(20(13-16)31-2)19-9-6-12-25(19)21(27)14-18-22(28)26(23(29)24-18)15-7-4-3-5-8-15/h3-5,7-8,10-11,13,18-19H,6,9,12,14H2,1-2H3,(H,24,29)/t18-,19-/m0/s1. The van der Waals surface area contributed by atoms with Crippen LogP contribution in [-0.4, -0.2) is 49.6 Å². The van der Waals surface area contributed by atoms with E-state index in [4.69, 9.17) is 9.47 Å². The van der Waals surface area contributed by atoms with E-state index in [-0.39, 0.29) is 18.4 Å². The van der Waals surface area contributed by atoms with Gasteiger partial charge in [0.05, 0.1) is 32.4 Å². The zero-order valence-corrected chi connectivity index (χ0v) is 17.5. The maximum atomic E-state index is 13.1. The average molecular weight is 423 g/mol. The van der Waals surface area contributed by atoms with Crippen molar-refractivity contribution in [2.24, 2.45) is 0 Å². The second-order valence-corrected chi connectivity index (χ2v) is 7.57. The fourth-order valence-corrected chi connectivity index (χ4v) is 4.27. The predicted octanol–water partition coefficient (Wildman–Crippen LogP) is 2.88. The van der Waals surface area contributed by atoms with E-state index in [1.165, 1.54) is 0 Å². The molecular formula is C23H25N3O5. The molecule has 0 unspecified atom stereocenters. The lowest BCUT2D eigenvalue weighted by Crippen LogP contribution is -2.39. The lowest BCUT2D eigenvalue weighted by molar-refractivity contribution is -0.134. The lowest BCUT2D eigenvalue weighted by Gasteiger charge is -2.27. The largest absolute Gasteiger partial charge is 0.497 e. The first-order chi connectivity index (χ1) is 15.0. The highest BCUT2D eigenvalue weighted by molar-refractivity contribution is 6.22. The van der Waals surface area contributed by atoms with Crippen LogP contribution in [0.25, 0.3) is 0 Å². The van der Waals surface area contributed by atoms with Gasteiger partial charge in [0.25, 0.3) is 5.91 Å². The van der Waals surface area contributed by atoms with Crippen molar-refractivity contribution in [1.29, 1.82) is 0 Å². The van der Waals surface area contributed by atoms with Crippen LogP contribution >= 0.6 is 0 Å². The van der Waals surface area contributed by atoms with E-state index in [1.54, 1.807) is 49.5 Å². The zero-order chi connectivity index (χ0) is 22.0. The molecule has 0 radical (unpaired) electrons. The number of para-hydroxylation sites is 1. The van der Waals surface area contributed by atoms with Gasteiger partial charge in [-0.15, -0.1) is 0 Å². The molecule has 2 aromatic rings. The van der Waals surface area contributed by atoms with Gasteiger partial charge in [-0.25, -0.2) is 9.69 Å². The molecule has 162 valence electrons. The van der Waals surface area contributed by atoms with Crippen molar-refractivity contribution in [3.63, 3.8) is 0 Å². The molecule has 2 aromatic carbocycles. The summed E-state index contributed by atoms with van der Waals surface area (Å²) in [6.07, 6.45) is 1.57. The second kappa shape index (κ2) is 8.67. The van der Waals surface area contributed by atoms with Crippen LogP contribution in [0.5, 0.6) is 11.5 Å². The summed E-state index contributed by atoms with van der Waals surface area (Å²) >= 11 is 0. The van der Waals surface area contributed by atoms with Crippen molar-refractivity contribution in [2.75, 3.05) is 25.7 Å². The third kappa shape index (κ3) is 3.93. The van der Waals surface area contributed by atoms with E-state index >= 15 is 0 Å². The van der Waals surface area contributed by atoms with Gasteiger partial charge in [0.1, 0.15) is 17.5 Å². The Morgan fingerprint density at radius 2 is 1.87 bits per heavy atom. The highest BCUT2D eigenvalue weighted by Gasteiger charge is 2.42. The third-order valence-electron chi connectivity index (χ3n) is 5.79. The summed E-state index contributed by atoms with van der Waals surface area (Å²) in [6, 6.07) is 12.7. The number of hydrogen-bond donors (Lipinski definition) is 1. The Labute approximate surface area is 180 Å². The maximum absolute atomic E-state index is 13.1. The van der Waals surface area contributed by atoms with E-state index in [0.29, 0.717) is 23.7 Å². The molecule has 2 atom stereocenters. The van der Waals surface area contributed by atoms with Crippen molar-refractivity contribution in [1.82, 2.24) is 10.2 Å². The van der Waals surface area contributed by atoms with E-state index in [1.807, 2.05) is 18.2 Å². The van der Waals surface area contributed by atoms with Crippen molar-refractivity contribution >= 4 is 23.5 Å². The molecule has 4 amide bonds. The Morgan fingerprint density at radius 3 is 2.58 bits per heavy atom. The monoisotopic (exact) mass is 423 g/mol. The van der Waals surface area contributed by atoms with E-state index in [0.717, 1.165) is 23.3 Å². The minimum absolute atomic E-state index is 0.0805. The molecule has 8 heteroatoms. The quantitative estimate of drug-likeness (QED) is 0.722. The highest BCUT2D eigenvalue weighted by Crippen LogP contribution is 2.39. The number of rotatable bonds is 6. The summed E-state index contributed by atoms with van der Waals surface area (Å²) in [5.41, 5.74) is 1.39. The van der Waals surface area contributed by atoms with Crippen LogP contribution in [0.2, 0.25) is 0 Å². The van der Waals surface area contributed by atoms with Crippen LogP contribution in [-0.2, 0) is 9.59 Å². The number of anilines is 1. The van der Waals surface area contributed by atoms with Crippen molar-refractivity contribution in [2.45, 2.75) is 31.3 Å². The second-order valence-electron chi connectivity index (χ2n) is 7.57. The smallest absolute Gasteiger partial charge is 0.329 e. The average Bonchev–Trinajstić information content (AvgIpc) is 3.38. The summed E-state index contributed by atoms with van der Waals surface area (Å²) in [7, 11) is 3.18. The number of methoxy groups -OCH3 is 2. The number of nitrogens with one attached hydrogen (secondary N) is 1. The lowest BCUT2D eigenvalue weighted by atomic mass is 10.0. The van der Waals surface area contributed by atoms with Crippen LogP contribution in [0.15, 0.2) is 48.5 Å². The highest BCUT2D eigenvalue weighted by atomic mass is 16.5. The van der Waals surface area contributed by atoms with Crippen LogP contribution in [0.1, 0.15) is 30.9 Å². The first kappa shape index (κ1) is 20.7. The topological polar surface area (TPSA) is 88.2 Å². The van der Waals surface area contributed by atoms with E-state index < -0.39 is 18.0 Å². The van der Waals surface area contributed by atoms with Crippen molar-refractivity contribution < 1.29 is 23.9 Å². The number of imide groups is 1. The molecule has 4 rings (SSSR count). The first-order valence-electron chi connectivity index (χ1n) is 10.2. The molecule has 31 heavy (non-hydrogen) atoms. The van der Waals surface area contributed by atoms with Gasteiger partial charge >= 0.3 is 6.03 Å². The molecule has 0 saturated carbocycles. The molecule has 2 aliphatic rings. The Bertz CT molecular complexity index is 994.